The fourth-order valence-corrected chi connectivity index (χ4v) is 4.12. The Hall–Kier alpha value is -2.18. The third-order valence-corrected chi connectivity index (χ3v) is 5.47. The molecule has 1 heterocycles. The van der Waals surface area contributed by atoms with Gasteiger partial charge in [-0.25, -0.2) is 0 Å². The van der Waals surface area contributed by atoms with Gasteiger partial charge < -0.3 is 5.32 Å². The summed E-state index contributed by atoms with van der Waals surface area (Å²) in [5.74, 6) is -0.343. The van der Waals surface area contributed by atoms with Crippen LogP contribution in [0.2, 0.25) is 0 Å². The molecule has 1 atom stereocenters. The minimum absolute atomic E-state index is 0.0504. The van der Waals surface area contributed by atoms with Crippen LogP contribution in [-0.4, -0.2) is 32.8 Å². The van der Waals surface area contributed by atoms with Crippen molar-refractivity contribution < 1.29 is 9.59 Å². The number of thioether (sulfide) groups is 1. The van der Waals surface area contributed by atoms with Gasteiger partial charge in [0, 0.05) is 0 Å². The Balaban J connectivity index is 1.78. The standard InChI is InChI=1S/C19H18N2O2S2/c1-13-18(23)21(19(24)25-13)12-16(22)20-17(14-8-4-2-5-9-14)15-10-6-3-7-11-15/h2-11,13,17H,12H2,1H3,(H,20,22). The van der Waals surface area contributed by atoms with Gasteiger partial charge in [-0.1, -0.05) is 84.6 Å². The second kappa shape index (κ2) is 7.80. The normalized spacial score (nSPS) is 17.2. The fourth-order valence-electron chi connectivity index (χ4n) is 2.72. The van der Waals surface area contributed by atoms with Crippen molar-refractivity contribution in [2.45, 2.75) is 18.2 Å². The van der Waals surface area contributed by atoms with Crippen molar-refractivity contribution in [1.29, 1.82) is 0 Å². The average Bonchev–Trinajstić information content (AvgIpc) is 2.87. The van der Waals surface area contributed by atoms with Gasteiger partial charge in [0.05, 0.1) is 11.3 Å². The van der Waals surface area contributed by atoms with Crippen LogP contribution < -0.4 is 5.32 Å². The van der Waals surface area contributed by atoms with Crippen molar-refractivity contribution in [2.75, 3.05) is 6.54 Å². The van der Waals surface area contributed by atoms with Crippen LogP contribution in [0.1, 0.15) is 24.1 Å². The third-order valence-electron chi connectivity index (χ3n) is 3.98. The first-order valence-electron chi connectivity index (χ1n) is 7.97. The lowest BCUT2D eigenvalue weighted by Crippen LogP contribution is -2.41. The Morgan fingerprint density at radius 2 is 1.64 bits per heavy atom. The summed E-state index contributed by atoms with van der Waals surface area (Å²) in [5, 5.41) is 2.81. The van der Waals surface area contributed by atoms with Gasteiger partial charge in [0.25, 0.3) is 0 Å². The quantitative estimate of drug-likeness (QED) is 0.822. The summed E-state index contributed by atoms with van der Waals surface area (Å²) < 4.78 is 0.462. The molecule has 1 fully saturated rings. The van der Waals surface area contributed by atoms with Gasteiger partial charge in [0.1, 0.15) is 10.9 Å². The summed E-state index contributed by atoms with van der Waals surface area (Å²) in [6.45, 7) is 1.75. The minimum Gasteiger partial charge on any atom is -0.344 e. The molecule has 3 rings (SSSR count). The van der Waals surface area contributed by atoms with Crippen LogP contribution in [0.15, 0.2) is 60.7 Å². The summed E-state index contributed by atoms with van der Waals surface area (Å²) in [7, 11) is 0. The summed E-state index contributed by atoms with van der Waals surface area (Å²) in [4.78, 5) is 26.1. The Bertz CT molecular complexity index is 741. The van der Waals surface area contributed by atoms with Gasteiger partial charge in [-0.2, -0.15) is 0 Å². The van der Waals surface area contributed by atoms with E-state index >= 15 is 0 Å². The molecule has 1 unspecified atom stereocenters. The highest BCUT2D eigenvalue weighted by atomic mass is 32.2. The lowest BCUT2D eigenvalue weighted by molar-refractivity contribution is -0.131. The molecule has 0 bridgehead atoms. The van der Waals surface area contributed by atoms with Crippen molar-refractivity contribution >= 4 is 40.1 Å². The number of rotatable bonds is 5. The summed E-state index contributed by atoms with van der Waals surface area (Å²) in [6, 6.07) is 19.3. The second-order valence-corrected chi connectivity index (χ2v) is 7.75. The summed E-state index contributed by atoms with van der Waals surface area (Å²) in [6.07, 6.45) is 0. The fraction of sp³-hybridized carbons (Fsp3) is 0.211. The van der Waals surface area contributed by atoms with E-state index in [0.29, 0.717) is 4.32 Å². The van der Waals surface area contributed by atoms with E-state index in [-0.39, 0.29) is 29.7 Å². The zero-order chi connectivity index (χ0) is 17.8. The maximum Gasteiger partial charge on any atom is 0.241 e. The van der Waals surface area contributed by atoms with E-state index in [1.165, 1.54) is 16.7 Å². The summed E-state index contributed by atoms with van der Waals surface area (Å²) in [5.41, 5.74) is 1.97. The molecule has 0 aliphatic carbocycles. The number of thiocarbonyl (C=S) groups is 1. The Morgan fingerprint density at radius 1 is 1.12 bits per heavy atom. The van der Waals surface area contributed by atoms with Crippen LogP contribution in [0.4, 0.5) is 0 Å². The van der Waals surface area contributed by atoms with Crippen LogP contribution in [-0.2, 0) is 9.59 Å². The molecule has 0 saturated carbocycles. The maximum absolute atomic E-state index is 12.6. The molecule has 128 valence electrons. The van der Waals surface area contributed by atoms with Gasteiger partial charge in [-0.05, 0) is 18.1 Å². The first-order valence-corrected chi connectivity index (χ1v) is 9.26. The zero-order valence-electron chi connectivity index (χ0n) is 13.7. The number of benzene rings is 2. The minimum atomic E-state index is -0.272. The first kappa shape index (κ1) is 17.6. The van der Waals surface area contributed by atoms with E-state index in [0.717, 1.165) is 11.1 Å². The molecule has 25 heavy (non-hydrogen) atoms. The Kier molecular flexibility index (Phi) is 5.50. The number of hydrogen-bond acceptors (Lipinski definition) is 4. The molecule has 1 aliphatic heterocycles. The molecule has 1 aliphatic rings. The van der Waals surface area contributed by atoms with Crippen molar-refractivity contribution in [3.8, 4) is 0 Å². The molecule has 2 aromatic rings. The second-order valence-electron chi connectivity index (χ2n) is 5.77. The van der Waals surface area contributed by atoms with Gasteiger partial charge in [0.15, 0.2) is 0 Å². The topological polar surface area (TPSA) is 49.4 Å². The maximum atomic E-state index is 12.6. The SMILES string of the molecule is CC1SC(=S)N(CC(=O)NC(c2ccccc2)c2ccccc2)C1=O. The Labute approximate surface area is 156 Å². The average molecular weight is 370 g/mol. The molecule has 2 aromatic carbocycles. The highest BCUT2D eigenvalue weighted by Crippen LogP contribution is 2.27. The predicted octanol–water partition coefficient (Wildman–Crippen LogP) is 3.14. The van der Waals surface area contributed by atoms with Gasteiger partial charge in [-0.15, -0.1) is 0 Å². The van der Waals surface area contributed by atoms with Crippen molar-refractivity contribution in [1.82, 2.24) is 10.2 Å². The van der Waals surface area contributed by atoms with E-state index in [1.807, 2.05) is 60.7 Å². The molecule has 0 radical (unpaired) electrons. The number of nitrogens with one attached hydrogen (secondary N) is 1. The molecule has 6 heteroatoms. The van der Waals surface area contributed by atoms with Gasteiger partial charge in [0.2, 0.25) is 11.8 Å². The first-order chi connectivity index (χ1) is 12.1. The number of amides is 2. The lowest BCUT2D eigenvalue weighted by Gasteiger charge is -2.22. The number of carbonyl (C=O) groups excluding carboxylic acids is 2. The van der Waals surface area contributed by atoms with Crippen LogP contribution in [0.25, 0.3) is 0 Å². The lowest BCUT2D eigenvalue weighted by atomic mass is 9.99. The van der Waals surface area contributed by atoms with Crippen LogP contribution in [0.5, 0.6) is 0 Å². The Morgan fingerprint density at radius 3 is 2.08 bits per heavy atom. The van der Waals surface area contributed by atoms with Gasteiger partial charge in [-0.3, -0.25) is 14.5 Å². The van der Waals surface area contributed by atoms with E-state index in [1.54, 1.807) is 6.92 Å². The molecular formula is C19H18N2O2S2. The van der Waals surface area contributed by atoms with Crippen LogP contribution in [0.3, 0.4) is 0 Å². The van der Waals surface area contributed by atoms with Gasteiger partial charge >= 0.3 is 0 Å². The molecule has 4 nitrogen and oxygen atoms in total. The van der Waals surface area contributed by atoms with E-state index in [9.17, 15) is 9.59 Å². The van der Waals surface area contributed by atoms with Crippen LogP contribution >= 0.6 is 24.0 Å². The molecular weight excluding hydrogens is 352 g/mol. The highest BCUT2D eigenvalue weighted by Gasteiger charge is 2.35. The number of carbonyl (C=O) groups is 2. The number of nitrogens with zero attached hydrogens (tertiary/aromatic N) is 1. The van der Waals surface area contributed by atoms with Crippen LogP contribution in [0, 0.1) is 0 Å². The van der Waals surface area contributed by atoms with E-state index in [4.69, 9.17) is 12.2 Å². The van der Waals surface area contributed by atoms with Crippen molar-refractivity contribution in [3.05, 3.63) is 71.8 Å². The molecule has 1 N–H and O–H groups in total. The predicted molar refractivity (Wildman–Crippen MR) is 104 cm³/mol. The van der Waals surface area contributed by atoms with Crippen molar-refractivity contribution in [3.63, 3.8) is 0 Å². The zero-order valence-corrected chi connectivity index (χ0v) is 15.3. The number of hydrogen-bond donors (Lipinski definition) is 1. The van der Waals surface area contributed by atoms with E-state index < -0.39 is 0 Å². The third kappa shape index (κ3) is 4.08. The van der Waals surface area contributed by atoms with E-state index in [2.05, 4.69) is 5.32 Å². The molecule has 0 aromatic heterocycles. The molecule has 1 saturated heterocycles. The van der Waals surface area contributed by atoms with Crippen molar-refractivity contribution in [2.24, 2.45) is 0 Å². The summed E-state index contributed by atoms with van der Waals surface area (Å²) >= 11 is 6.52. The highest BCUT2D eigenvalue weighted by molar-refractivity contribution is 8.24. The largest absolute Gasteiger partial charge is 0.344 e. The monoisotopic (exact) mass is 370 g/mol. The smallest absolute Gasteiger partial charge is 0.241 e. The molecule has 2 amide bonds. The molecule has 0 spiro atoms.